The SMILES string of the molecule is Cc1ccc(C2=NN(Cc3cccc(Cl)c3)c3nnc(C)n3-c3sc(C)c(C)c32)cc1. The Balaban J connectivity index is 1.75. The Hall–Kier alpha value is -2.96. The number of benzene rings is 2. The minimum Gasteiger partial charge on any atom is -0.254 e. The van der Waals surface area contributed by atoms with Crippen LogP contribution in [0.25, 0.3) is 5.00 Å². The Morgan fingerprint density at radius 3 is 2.48 bits per heavy atom. The van der Waals surface area contributed by atoms with Gasteiger partial charge in [0.2, 0.25) is 0 Å². The summed E-state index contributed by atoms with van der Waals surface area (Å²) in [5.41, 5.74) is 6.70. The van der Waals surface area contributed by atoms with Crippen molar-refractivity contribution in [3.8, 4) is 5.00 Å². The zero-order chi connectivity index (χ0) is 21.7. The Bertz CT molecular complexity index is 1320. The third kappa shape index (κ3) is 3.46. The van der Waals surface area contributed by atoms with Crippen molar-refractivity contribution in [2.45, 2.75) is 34.2 Å². The number of hydrogen-bond acceptors (Lipinski definition) is 5. The number of aromatic nitrogens is 3. The summed E-state index contributed by atoms with van der Waals surface area (Å²) in [6, 6.07) is 16.4. The summed E-state index contributed by atoms with van der Waals surface area (Å²) in [7, 11) is 0. The van der Waals surface area contributed by atoms with E-state index in [0.29, 0.717) is 17.5 Å². The van der Waals surface area contributed by atoms with E-state index in [1.54, 1.807) is 11.3 Å². The average molecular weight is 448 g/mol. The number of aryl methyl sites for hydroxylation is 3. The lowest BCUT2D eigenvalue weighted by Gasteiger charge is -2.18. The topological polar surface area (TPSA) is 46.3 Å². The van der Waals surface area contributed by atoms with Crippen LogP contribution in [0, 0.1) is 27.7 Å². The van der Waals surface area contributed by atoms with Crippen molar-refractivity contribution in [3.63, 3.8) is 0 Å². The molecular weight excluding hydrogens is 426 g/mol. The Kier molecular flexibility index (Phi) is 4.91. The van der Waals surface area contributed by atoms with Gasteiger partial charge in [0, 0.05) is 21.0 Å². The molecule has 0 radical (unpaired) electrons. The largest absolute Gasteiger partial charge is 0.254 e. The van der Waals surface area contributed by atoms with E-state index in [2.05, 4.69) is 65.9 Å². The molecule has 31 heavy (non-hydrogen) atoms. The van der Waals surface area contributed by atoms with Gasteiger partial charge in [-0.25, -0.2) is 5.01 Å². The lowest BCUT2D eigenvalue weighted by atomic mass is 9.99. The summed E-state index contributed by atoms with van der Waals surface area (Å²) in [4.78, 5) is 1.27. The van der Waals surface area contributed by atoms with Crippen LogP contribution in [-0.4, -0.2) is 20.5 Å². The molecule has 0 spiro atoms. The van der Waals surface area contributed by atoms with Gasteiger partial charge in [-0.15, -0.1) is 21.5 Å². The van der Waals surface area contributed by atoms with Crippen molar-refractivity contribution in [2.75, 3.05) is 5.01 Å². The molecule has 0 bridgehead atoms. The van der Waals surface area contributed by atoms with Crippen molar-refractivity contribution in [1.29, 1.82) is 0 Å². The van der Waals surface area contributed by atoms with E-state index in [1.807, 2.05) is 30.1 Å². The highest BCUT2D eigenvalue weighted by atomic mass is 35.5. The zero-order valence-electron chi connectivity index (χ0n) is 17.8. The Morgan fingerprint density at radius 1 is 0.968 bits per heavy atom. The van der Waals surface area contributed by atoms with E-state index in [9.17, 15) is 0 Å². The molecule has 0 fully saturated rings. The molecular formula is C24H22ClN5S. The zero-order valence-corrected chi connectivity index (χ0v) is 19.4. The Morgan fingerprint density at radius 2 is 1.74 bits per heavy atom. The van der Waals surface area contributed by atoms with Gasteiger partial charge in [-0.05, 0) is 51.0 Å². The molecule has 2 aromatic carbocycles. The molecule has 0 amide bonds. The molecule has 3 heterocycles. The van der Waals surface area contributed by atoms with Gasteiger partial charge in [-0.1, -0.05) is 53.6 Å². The van der Waals surface area contributed by atoms with Gasteiger partial charge in [0.05, 0.1) is 6.54 Å². The second kappa shape index (κ2) is 7.62. The van der Waals surface area contributed by atoms with Crippen LogP contribution in [0.4, 0.5) is 5.95 Å². The van der Waals surface area contributed by atoms with E-state index >= 15 is 0 Å². The van der Waals surface area contributed by atoms with Gasteiger partial charge >= 0.3 is 0 Å². The minimum absolute atomic E-state index is 0.543. The average Bonchev–Trinajstić information content (AvgIpc) is 3.21. The summed E-state index contributed by atoms with van der Waals surface area (Å²) >= 11 is 8.00. The van der Waals surface area contributed by atoms with Crippen molar-refractivity contribution in [2.24, 2.45) is 5.10 Å². The van der Waals surface area contributed by atoms with E-state index in [4.69, 9.17) is 16.7 Å². The number of hydrazone groups is 1. The molecule has 0 saturated carbocycles. The monoisotopic (exact) mass is 447 g/mol. The predicted octanol–water partition coefficient (Wildman–Crippen LogP) is 5.99. The fraction of sp³-hybridized carbons (Fsp3) is 0.208. The number of rotatable bonds is 3. The number of hydrogen-bond donors (Lipinski definition) is 0. The molecule has 0 aliphatic carbocycles. The number of halogens is 1. The fourth-order valence-corrected chi connectivity index (χ4v) is 5.26. The van der Waals surface area contributed by atoms with Crippen molar-refractivity contribution in [3.05, 3.63) is 92.1 Å². The highest BCUT2D eigenvalue weighted by molar-refractivity contribution is 7.15. The third-order valence-electron chi connectivity index (χ3n) is 5.61. The van der Waals surface area contributed by atoms with Crippen molar-refractivity contribution < 1.29 is 0 Å². The van der Waals surface area contributed by atoms with E-state index in [0.717, 1.165) is 33.2 Å². The quantitative estimate of drug-likeness (QED) is 0.387. The van der Waals surface area contributed by atoms with Gasteiger partial charge in [-0.3, -0.25) is 4.57 Å². The number of thiophene rings is 1. The lowest BCUT2D eigenvalue weighted by molar-refractivity contribution is 0.798. The molecule has 156 valence electrons. The summed E-state index contributed by atoms with van der Waals surface area (Å²) in [6.07, 6.45) is 0. The molecule has 4 aromatic rings. The number of nitrogens with zero attached hydrogens (tertiary/aromatic N) is 5. The third-order valence-corrected chi connectivity index (χ3v) is 7.04. The lowest BCUT2D eigenvalue weighted by Crippen LogP contribution is -2.20. The maximum Gasteiger partial charge on any atom is 0.253 e. The van der Waals surface area contributed by atoms with Crippen molar-refractivity contribution >= 4 is 34.6 Å². The van der Waals surface area contributed by atoms with E-state index < -0.39 is 0 Å². The highest BCUT2D eigenvalue weighted by Gasteiger charge is 2.30. The van der Waals surface area contributed by atoms with Crippen LogP contribution in [-0.2, 0) is 6.54 Å². The first-order valence-corrected chi connectivity index (χ1v) is 11.3. The molecule has 5 nitrogen and oxygen atoms in total. The van der Waals surface area contributed by atoms with Gasteiger partial charge in [0.1, 0.15) is 16.5 Å². The standard InChI is InChI=1S/C24H22ClN5S/c1-14-8-10-19(11-9-14)22-21-15(2)16(3)31-23(21)30-17(4)26-27-24(30)29(28-22)13-18-6-5-7-20(25)12-18/h5-12H,13H2,1-4H3. The molecule has 0 atom stereocenters. The van der Waals surface area contributed by atoms with Crippen LogP contribution in [0.15, 0.2) is 53.6 Å². The first-order chi connectivity index (χ1) is 14.9. The van der Waals surface area contributed by atoms with E-state index in [1.165, 1.54) is 16.0 Å². The first-order valence-electron chi connectivity index (χ1n) is 10.1. The molecule has 1 aliphatic heterocycles. The predicted molar refractivity (Wildman–Crippen MR) is 128 cm³/mol. The minimum atomic E-state index is 0.543. The van der Waals surface area contributed by atoms with Gasteiger partial charge in [0.15, 0.2) is 0 Å². The maximum atomic E-state index is 6.25. The van der Waals surface area contributed by atoms with Crippen LogP contribution in [0.1, 0.15) is 38.5 Å². The summed E-state index contributed by atoms with van der Waals surface area (Å²) < 4.78 is 2.12. The van der Waals surface area contributed by atoms with Gasteiger partial charge < -0.3 is 0 Å². The summed E-state index contributed by atoms with van der Waals surface area (Å²) in [6.45, 7) is 8.95. The molecule has 0 N–H and O–H groups in total. The van der Waals surface area contributed by atoms with Gasteiger partial charge in [0.25, 0.3) is 5.95 Å². The van der Waals surface area contributed by atoms with Crippen LogP contribution in [0.5, 0.6) is 0 Å². The normalized spacial score (nSPS) is 12.9. The molecule has 0 unspecified atom stereocenters. The Labute approximate surface area is 190 Å². The fourth-order valence-electron chi connectivity index (χ4n) is 3.84. The van der Waals surface area contributed by atoms with Crippen LogP contribution in [0.2, 0.25) is 5.02 Å². The van der Waals surface area contributed by atoms with Crippen LogP contribution in [0.3, 0.4) is 0 Å². The molecule has 0 saturated heterocycles. The molecule has 7 heteroatoms. The maximum absolute atomic E-state index is 6.25. The van der Waals surface area contributed by atoms with Crippen molar-refractivity contribution in [1.82, 2.24) is 14.8 Å². The summed E-state index contributed by atoms with van der Waals surface area (Å²) in [5, 5.41) is 17.8. The van der Waals surface area contributed by atoms with Crippen LogP contribution >= 0.6 is 22.9 Å². The smallest absolute Gasteiger partial charge is 0.253 e. The second-order valence-corrected chi connectivity index (χ2v) is 9.49. The number of anilines is 1. The molecule has 1 aliphatic rings. The second-order valence-electron chi connectivity index (χ2n) is 7.85. The first kappa shape index (κ1) is 20.0. The molecule has 5 rings (SSSR count). The van der Waals surface area contributed by atoms with E-state index in [-0.39, 0.29) is 0 Å². The number of fused-ring (bicyclic) bond motifs is 3. The summed E-state index contributed by atoms with van der Waals surface area (Å²) in [5.74, 6) is 1.55. The molecule has 2 aromatic heterocycles. The highest BCUT2D eigenvalue weighted by Crippen LogP contribution is 2.38. The van der Waals surface area contributed by atoms with Gasteiger partial charge in [-0.2, -0.15) is 5.10 Å². The van der Waals surface area contributed by atoms with Crippen LogP contribution < -0.4 is 5.01 Å².